The lowest BCUT2D eigenvalue weighted by atomic mass is 10.00. The van der Waals surface area contributed by atoms with Crippen LogP contribution in [0.2, 0.25) is 0 Å². The third-order valence-corrected chi connectivity index (χ3v) is 7.08. The molecule has 6 rings (SSSR count). The number of nitrogens with zero attached hydrogens (tertiary/aromatic N) is 4. The van der Waals surface area contributed by atoms with Gasteiger partial charge in [0, 0.05) is 18.7 Å². The van der Waals surface area contributed by atoms with E-state index in [9.17, 15) is 0 Å². The predicted octanol–water partition coefficient (Wildman–Crippen LogP) is 6.04. The first kappa shape index (κ1) is 17.6. The maximum atomic E-state index is 5.05. The Kier molecular flexibility index (Phi) is 3.45. The van der Waals surface area contributed by atoms with E-state index < -0.39 is 0 Å². The summed E-state index contributed by atoms with van der Waals surface area (Å²) in [4.78, 5) is 9.91. The van der Waals surface area contributed by atoms with Crippen molar-refractivity contribution in [1.29, 1.82) is 0 Å². The largest absolute Gasteiger partial charge is 0.352 e. The minimum absolute atomic E-state index is 0.264. The summed E-state index contributed by atoms with van der Waals surface area (Å²) in [7, 11) is 2.20. The summed E-state index contributed by atoms with van der Waals surface area (Å²) in [5, 5.41) is 0. The minimum atomic E-state index is 0.264. The Balaban J connectivity index is 1.60. The SMILES string of the molecule is Cc1ccccc1N1c2cc3c(cc2N(C)[C@@H]1C)-n1c(nc2c(C)cccc21)C3C. The maximum absolute atomic E-state index is 5.05. The van der Waals surface area contributed by atoms with Gasteiger partial charge in [0.05, 0.1) is 28.1 Å². The van der Waals surface area contributed by atoms with E-state index in [-0.39, 0.29) is 12.1 Å². The van der Waals surface area contributed by atoms with Crippen LogP contribution >= 0.6 is 0 Å². The molecule has 2 atom stereocenters. The first-order valence-corrected chi connectivity index (χ1v) is 10.7. The van der Waals surface area contributed by atoms with Crippen LogP contribution in [-0.4, -0.2) is 22.8 Å². The average molecular weight is 395 g/mol. The van der Waals surface area contributed by atoms with E-state index in [0.29, 0.717) is 0 Å². The van der Waals surface area contributed by atoms with E-state index in [1.54, 1.807) is 0 Å². The molecule has 30 heavy (non-hydrogen) atoms. The van der Waals surface area contributed by atoms with Gasteiger partial charge in [-0.05, 0) is 61.7 Å². The Morgan fingerprint density at radius 3 is 2.37 bits per heavy atom. The van der Waals surface area contributed by atoms with Gasteiger partial charge in [0.15, 0.2) is 0 Å². The number of hydrogen-bond acceptors (Lipinski definition) is 3. The lowest BCUT2D eigenvalue weighted by molar-refractivity contribution is 0.732. The minimum Gasteiger partial charge on any atom is -0.352 e. The molecule has 0 saturated carbocycles. The van der Waals surface area contributed by atoms with Crippen molar-refractivity contribution in [3.05, 3.63) is 77.1 Å². The molecule has 0 N–H and O–H groups in total. The highest BCUT2D eigenvalue weighted by Gasteiger charge is 2.37. The van der Waals surface area contributed by atoms with Gasteiger partial charge in [0.2, 0.25) is 0 Å². The fourth-order valence-electron chi connectivity index (χ4n) is 5.28. The van der Waals surface area contributed by atoms with Crippen LogP contribution < -0.4 is 9.80 Å². The highest BCUT2D eigenvalue weighted by molar-refractivity contribution is 5.90. The molecular weight excluding hydrogens is 368 g/mol. The highest BCUT2D eigenvalue weighted by atomic mass is 15.4. The monoisotopic (exact) mass is 394 g/mol. The molecule has 0 amide bonds. The van der Waals surface area contributed by atoms with Crippen molar-refractivity contribution >= 4 is 28.1 Å². The molecule has 2 aliphatic heterocycles. The van der Waals surface area contributed by atoms with Gasteiger partial charge in [-0.2, -0.15) is 0 Å². The molecule has 3 aromatic carbocycles. The Morgan fingerprint density at radius 2 is 1.57 bits per heavy atom. The van der Waals surface area contributed by atoms with E-state index in [2.05, 4.69) is 104 Å². The van der Waals surface area contributed by atoms with Crippen molar-refractivity contribution < 1.29 is 0 Å². The van der Waals surface area contributed by atoms with Gasteiger partial charge >= 0.3 is 0 Å². The van der Waals surface area contributed by atoms with Crippen molar-refractivity contribution in [2.24, 2.45) is 0 Å². The zero-order valence-electron chi connectivity index (χ0n) is 18.1. The van der Waals surface area contributed by atoms with Gasteiger partial charge in [-0.1, -0.05) is 37.3 Å². The van der Waals surface area contributed by atoms with Gasteiger partial charge in [-0.25, -0.2) is 4.98 Å². The zero-order chi connectivity index (χ0) is 20.7. The molecule has 0 bridgehead atoms. The first-order chi connectivity index (χ1) is 14.5. The molecule has 4 heteroatoms. The van der Waals surface area contributed by atoms with Crippen LogP contribution in [0.5, 0.6) is 0 Å². The van der Waals surface area contributed by atoms with Crippen molar-refractivity contribution in [1.82, 2.24) is 9.55 Å². The molecule has 0 fully saturated rings. The van der Waals surface area contributed by atoms with E-state index in [1.807, 2.05) is 0 Å². The van der Waals surface area contributed by atoms with Gasteiger partial charge < -0.3 is 9.80 Å². The predicted molar refractivity (Wildman–Crippen MR) is 125 cm³/mol. The van der Waals surface area contributed by atoms with Gasteiger partial charge in [0.1, 0.15) is 12.0 Å². The van der Waals surface area contributed by atoms with Crippen LogP contribution in [0.3, 0.4) is 0 Å². The maximum Gasteiger partial charge on any atom is 0.121 e. The lowest BCUT2D eigenvalue weighted by Crippen LogP contribution is -2.35. The molecule has 150 valence electrons. The number of benzene rings is 3. The number of anilines is 3. The second-order valence-corrected chi connectivity index (χ2v) is 8.77. The van der Waals surface area contributed by atoms with E-state index in [0.717, 1.165) is 11.3 Å². The molecule has 1 unspecified atom stereocenters. The number of para-hydroxylation sites is 2. The topological polar surface area (TPSA) is 24.3 Å². The molecule has 2 aliphatic rings. The first-order valence-electron chi connectivity index (χ1n) is 10.7. The normalized spacial score (nSPS) is 19.4. The quantitative estimate of drug-likeness (QED) is 0.393. The van der Waals surface area contributed by atoms with Crippen molar-refractivity contribution in [2.75, 3.05) is 16.8 Å². The summed E-state index contributed by atoms with van der Waals surface area (Å²) in [6, 6.07) is 19.9. The van der Waals surface area contributed by atoms with Gasteiger partial charge in [-0.15, -0.1) is 0 Å². The molecule has 0 aliphatic carbocycles. The second-order valence-electron chi connectivity index (χ2n) is 8.77. The summed E-state index contributed by atoms with van der Waals surface area (Å²) in [5.41, 5.74) is 11.3. The molecule has 3 heterocycles. The van der Waals surface area contributed by atoms with E-state index in [4.69, 9.17) is 4.98 Å². The van der Waals surface area contributed by atoms with Crippen molar-refractivity contribution in [3.63, 3.8) is 0 Å². The molecule has 4 aromatic rings. The van der Waals surface area contributed by atoms with Crippen LogP contribution in [0.15, 0.2) is 54.6 Å². The molecule has 0 spiro atoms. The third kappa shape index (κ3) is 2.08. The molecule has 4 nitrogen and oxygen atoms in total. The average Bonchev–Trinajstić information content (AvgIpc) is 3.33. The van der Waals surface area contributed by atoms with Crippen molar-refractivity contribution in [3.8, 4) is 5.69 Å². The van der Waals surface area contributed by atoms with Crippen LogP contribution in [0.1, 0.15) is 42.3 Å². The van der Waals surface area contributed by atoms with Gasteiger partial charge in [0.25, 0.3) is 0 Å². The summed E-state index contributed by atoms with van der Waals surface area (Å²) in [6.07, 6.45) is 0.264. The second kappa shape index (κ2) is 5.88. The number of rotatable bonds is 1. The number of aromatic nitrogens is 2. The van der Waals surface area contributed by atoms with E-state index >= 15 is 0 Å². The number of imidazole rings is 1. The summed E-state index contributed by atoms with van der Waals surface area (Å²) < 4.78 is 2.37. The smallest absolute Gasteiger partial charge is 0.121 e. The summed E-state index contributed by atoms with van der Waals surface area (Å²) in [5.74, 6) is 1.42. The van der Waals surface area contributed by atoms with E-state index in [1.165, 1.54) is 45.0 Å². The fraction of sp³-hybridized carbons (Fsp3) is 0.269. The van der Waals surface area contributed by atoms with Crippen LogP contribution in [-0.2, 0) is 0 Å². The number of aryl methyl sites for hydroxylation is 2. The van der Waals surface area contributed by atoms with Crippen molar-refractivity contribution in [2.45, 2.75) is 39.8 Å². The Morgan fingerprint density at radius 1 is 0.800 bits per heavy atom. The molecule has 1 aromatic heterocycles. The Labute approximate surface area is 177 Å². The fourth-order valence-corrected chi connectivity index (χ4v) is 5.28. The zero-order valence-corrected chi connectivity index (χ0v) is 18.1. The summed E-state index contributed by atoms with van der Waals surface area (Å²) in [6.45, 7) is 8.91. The lowest BCUT2D eigenvalue weighted by Gasteiger charge is -2.29. The van der Waals surface area contributed by atoms with Crippen LogP contribution in [0, 0.1) is 13.8 Å². The highest BCUT2D eigenvalue weighted by Crippen LogP contribution is 2.50. The molecule has 0 radical (unpaired) electrons. The van der Waals surface area contributed by atoms with Gasteiger partial charge in [-0.3, -0.25) is 4.57 Å². The molecule has 0 saturated heterocycles. The summed E-state index contributed by atoms with van der Waals surface area (Å²) >= 11 is 0. The standard InChI is InChI=1S/C26H26N4/c1-15-9-6-7-11-20(15)29-18(4)28(5)23-14-22-19(13-24(23)29)17(3)26-27-25-16(2)10-8-12-21(25)30(22)26/h6-14,17-18H,1-5H3/t17?,18-/m0/s1. The Hall–Kier alpha value is -3.27. The third-order valence-electron chi connectivity index (χ3n) is 7.08. The Bertz CT molecular complexity index is 1330. The van der Waals surface area contributed by atoms with Crippen LogP contribution in [0.4, 0.5) is 17.1 Å². The number of hydrogen-bond donors (Lipinski definition) is 0. The molecular formula is C26H26N4. The van der Waals surface area contributed by atoms with Crippen LogP contribution in [0.25, 0.3) is 16.7 Å². The number of fused-ring (bicyclic) bond motifs is 6.